The van der Waals surface area contributed by atoms with Crippen molar-refractivity contribution in [2.24, 2.45) is 11.8 Å². The first-order chi connectivity index (χ1) is 13.7. The van der Waals surface area contributed by atoms with Crippen molar-refractivity contribution in [1.82, 2.24) is 15.6 Å². The Morgan fingerprint density at radius 2 is 1.97 bits per heavy atom. The lowest BCUT2D eigenvalue weighted by atomic mass is 9.87. The van der Waals surface area contributed by atoms with E-state index < -0.39 is 24.0 Å². The van der Waals surface area contributed by atoms with Gasteiger partial charge in [0.2, 0.25) is 11.8 Å². The summed E-state index contributed by atoms with van der Waals surface area (Å²) in [6.07, 6.45) is -4.49. The van der Waals surface area contributed by atoms with E-state index in [1.165, 1.54) is 13.2 Å². The molecule has 10 heteroatoms. The van der Waals surface area contributed by atoms with Crippen molar-refractivity contribution in [3.8, 4) is 11.8 Å². The van der Waals surface area contributed by atoms with Crippen LogP contribution >= 0.6 is 0 Å². The van der Waals surface area contributed by atoms with Gasteiger partial charge in [0.15, 0.2) is 5.82 Å². The molecular formula is C19H25F4N3O3. The molecule has 1 aliphatic heterocycles. The van der Waals surface area contributed by atoms with E-state index in [1.54, 1.807) is 0 Å². The molecule has 2 aliphatic rings. The Morgan fingerprint density at radius 1 is 1.28 bits per heavy atom. The lowest BCUT2D eigenvalue weighted by molar-refractivity contribution is -0.185. The highest BCUT2D eigenvalue weighted by molar-refractivity contribution is 5.83. The SMILES string of the molecule is COc1nc(OC2CCC(C(F)(F)F)CC2)c(F)cc1CNC(=O)[C@H]1NC[C@H]1C. The normalized spacial score (nSPS) is 27.1. The second-order valence-electron chi connectivity index (χ2n) is 7.66. The first-order valence-corrected chi connectivity index (χ1v) is 9.67. The van der Waals surface area contributed by atoms with Crippen LogP contribution in [-0.4, -0.2) is 42.9 Å². The fourth-order valence-electron chi connectivity index (χ4n) is 3.66. The van der Waals surface area contributed by atoms with E-state index in [2.05, 4.69) is 15.6 Å². The van der Waals surface area contributed by atoms with Crippen molar-refractivity contribution in [2.75, 3.05) is 13.7 Å². The molecule has 1 saturated carbocycles. The number of rotatable bonds is 6. The number of halogens is 4. The number of ether oxygens (including phenoxy) is 2. The van der Waals surface area contributed by atoms with Crippen LogP contribution < -0.4 is 20.1 Å². The number of carbonyl (C=O) groups excluding carboxylic acids is 1. The van der Waals surface area contributed by atoms with E-state index >= 15 is 0 Å². The number of nitrogens with one attached hydrogen (secondary N) is 2. The van der Waals surface area contributed by atoms with Gasteiger partial charge in [0.25, 0.3) is 5.88 Å². The van der Waals surface area contributed by atoms with Gasteiger partial charge in [-0.15, -0.1) is 0 Å². The Labute approximate surface area is 166 Å². The summed E-state index contributed by atoms with van der Waals surface area (Å²) in [5.41, 5.74) is 0.346. The molecule has 0 unspecified atom stereocenters. The number of hydrogen-bond acceptors (Lipinski definition) is 5. The molecule has 0 bridgehead atoms. The molecule has 6 nitrogen and oxygen atoms in total. The summed E-state index contributed by atoms with van der Waals surface area (Å²) in [6, 6.07) is 0.897. The number of aromatic nitrogens is 1. The molecule has 29 heavy (non-hydrogen) atoms. The lowest BCUT2D eigenvalue weighted by Gasteiger charge is -2.34. The number of methoxy groups -OCH3 is 1. The largest absolute Gasteiger partial charge is 0.481 e. The minimum Gasteiger partial charge on any atom is -0.481 e. The van der Waals surface area contributed by atoms with E-state index in [0.29, 0.717) is 5.56 Å². The maximum absolute atomic E-state index is 14.5. The van der Waals surface area contributed by atoms with Crippen molar-refractivity contribution in [3.05, 3.63) is 17.4 Å². The fourth-order valence-corrected chi connectivity index (χ4v) is 3.66. The van der Waals surface area contributed by atoms with Gasteiger partial charge in [-0.05, 0) is 37.7 Å². The summed E-state index contributed by atoms with van der Waals surface area (Å²) in [7, 11) is 1.36. The summed E-state index contributed by atoms with van der Waals surface area (Å²) in [5, 5.41) is 5.73. The fraction of sp³-hybridized carbons (Fsp3) is 0.684. The first-order valence-electron chi connectivity index (χ1n) is 9.67. The summed E-state index contributed by atoms with van der Waals surface area (Å²) in [5.74, 6) is -2.25. The molecule has 1 amide bonds. The summed E-state index contributed by atoms with van der Waals surface area (Å²) in [4.78, 5) is 16.1. The first kappa shape index (κ1) is 21.6. The van der Waals surface area contributed by atoms with E-state index in [0.717, 1.165) is 6.54 Å². The molecule has 0 aromatic carbocycles. The van der Waals surface area contributed by atoms with Crippen LogP contribution in [0.3, 0.4) is 0 Å². The van der Waals surface area contributed by atoms with Crippen molar-refractivity contribution in [1.29, 1.82) is 0 Å². The van der Waals surface area contributed by atoms with Gasteiger partial charge in [-0.2, -0.15) is 18.2 Å². The minimum atomic E-state index is -4.21. The van der Waals surface area contributed by atoms with E-state index in [9.17, 15) is 22.4 Å². The maximum atomic E-state index is 14.5. The second-order valence-corrected chi connectivity index (χ2v) is 7.66. The van der Waals surface area contributed by atoms with Gasteiger partial charge in [-0.3, -0.25) is 4.79 Å². The monoisotopic (exact) mass is 419 g/mol. The molecule has 0 radical (unpaired) electrons. The summed E-state index contributed by atoms with van der Waals surface area (Å²) in [6.45, 7) is 2.76. The molecule has 2 fully saturated rings. The second kappa shape index (κ2) is 8.73. The number of alkyl halides is 3. The van der Waals surface area contributed by atoms with Crippen LogP contribution in [-0.2, 0) is 11.3 Å². The Hall–Kier alpha value is -2.10. The smallest absolute Gasteiger partial charge is 0.391 e. The molecule has 1 saturated heterocycles. The number of hydrogen-bond donors (Lipinski definition) is 2. The standard InChI is InChI=1S/C19H25F4N3O3/c1-10-8-24-15(10)16(27)25-9-11-7-14(20)18(26-17(11)28-2)29-13-5-3-12(4-6-13)19(21,22)23/h7,10,12-13,15,24H,3-6,8-9H2,1-2H3,(H,25,27)/t10-,12?,13?,15+/m1/s1. The lowest BCUT2D eigenvalue weighted by Crippen LogP contribution is -2.59. The Morgan fingerprint density at radius 3 is 2.48 bits per heavy atom. The van der Waals surface area contributed by atoms with E-state index in [1.807, 2.05) is 6.92 Å². The highest BCUT2D eigenvalue weighted by Crippen LogP contribution is 2.38. The average molecular weight is 419 g/mol. The van der Waals surface area contributed by atoms with Gasteiger partial charge in [0.05, 0.1) is 19.1 Å². The van der Waals surface area contributed by atoms with Gasteiger partial charge < -0.3 is 20.1 Å². The van der Waals surface area contributed by atoms with Crippen molar-refractivity contribution in [2.45, 2.75) is 57.5 Å². The van der Waals surface area contributed by atoms with E-state index in [-0.39, 0.29) is 61.9 Å². The molecular weight excluding hydrogens is 394 g/mol. The third kappa shape index (κ3) is 5.09. The van der Waals surface area contributed by atoms with Crippen LogP contribution in [0, 0.1) is 17.7 Å². The molecule has 1 aliphatic carbocycles. The predicted molar refractivity (Wildman–Crippen MR) is 96.0 cm³/mol. The van der Waals surface area contributed by atoms with Crippen LogP contribution in [0.1, 0.15) is 38.2 Å². The molecule has 2 N–H and O–H groups in total. The Balaban J connectivity index is 1.60. The molecule has 1 aromatic heterocycles. The number of carbonyl (C=O) groups is 1. The predicted octanol–water partition coefficient (Wildman–Crippen LogP) is 2.95. The topological polar surface area (TPSA) is 72.5 Å². The molecule has 2 heterocycles. The van der Waals surface area contributed by atoms with Gasteiger partial charge in [-0.25, -0.2) is 4.39 Å². The van der Waals surface area contributed by atoms with Crippen molar-refractivity contribution in [3.63, 3.8) is 0 Å². The molecule has 162 valence electrons. The van der Waals surface area contributed by atoms with Gasteiger partial charge in [0.1, 0.15) is 6.10 Å². The minimum absolute atomic E-state index is 0.0355. The van der Waals surface area contributed by atoms with Crippen LogP contribution in [0.2, 0.25) is 0 Å². The van der Waals surface area contributed by atoms with E-state index in [4.69, 9.17) is 9.47 Å². The Kier molecular flexibility index (Phi) is 6.50. The zero-order valence-electron chi connectivity index (χ0n) is 16.3. The average Bonchev–Trinajstić information content (AvgIpc) is 2.66. The van der Waals surface area contributed by atoms with Crippen LogP contribution in [0.4, 0.5) is 17.6 Å². The van der Waals surface area contributed by atoms with Crippen LogP contribution in [0.5, 0.6) is 11.8 Å². The van der Waals surface area contributed by atoms with Gasteiger partial charge >= 0.3 is 6.18 Å². The zero-order valence-corrected chi connectivity index (χ0v) is 16.3. The highest BCUT2D eigenvalue weighted by Gasteiger charge is 2.42. The zero-order chi connectivity index (χ0) is 21.2. The third-order valence-electron chi connectivity index (χ3n) is 5.56. The van der Waals surface area contributed by atoms with Crippen molar-refractivity contribution < 1.29 is 31.8 Å². The van der Waals surface area contributed by atoms with Gasteiger partial charge in [-0.1, -0.05) is 6.92 Å². The number of pyridine rings is 1. The molecule has 3 rings (SSSR count). The quantitative estimate of drug-likeness (QED) is 0.694. The number of nitrogens with zero attached hydrogens (tertiary/aromatic N) is 1. The van der Waals surface area contributed by atoms with Crippen LogP contribution in [0.25, 0.3) is 0 Å². The molecule has 0 spiro atoms. The third-order valence-corrected chi connectivity index (χ3v) is 5.56. The maximum Gasteiger partial charge on any atom is 0.391 e. The highest BCUT2D eigenvalue weighted by atomic mass is 19.4. The summed E-state index contributed by atoms with van der Waals surface area (Å²) >= 11 is 0. The number of amides is 1. The van der Waals surface area contributed by atoms with Gasteiger partial charge in [0, 0.05) is 18.7 Å². The summed E-state index contributed by atoms with van der Waals surface area (Å²) < 4.78 is 63.5. The van der Waals surface area contributed by atoms with Crippen LogP contribution in [0.15, 0.2) is 6.07 Å². The van der Waals surface area contributed by atoms with Crippen molar-refractivity contribution >= 4 is 5.91 Å². The Bertz CT molecular complexity index is 736. The molecule has 2 atom stereocenters. The molecule has 1 aromatic rings.